The number of carbonyl (C=O) groups excluding carboxylic acids is 1. The van der Waals surface area contributed by atoms with Crippen molar-refractivity contribution in [1.82, 2.24) is 9.88 Å². The molecule has 0 spiro atoms. The van der Waals surface area contributed by atoms with Gasteiger partial charge in [-0.2, -0.15) is 0 Å². The van der Waals surface area contributed by atoms with Crippen LogP contribution in [0.2, 0.25) is 0 Å². The summed E-state index contributed by atoms with van der Waals surface area (Å²) >= 11 is 5.71. The van der Waals surface area contributed by atoms with Crippen LogP contribution in [0.4, 0.5) is 0 Å². The smallest absolute Gasteiger partial charge is 0.328 e. The Kier molecular flexibility index (Phi) is 6.85. The largest absolute Gasteiger partial charge is 0.487 e. The van der Waals surface area contributed by atoms with Gasteiger partial charge in [-0.25, -0.2) is 9.78 Å². The fourth-order valence-electron chi connectivity index (χ4n) is 3.80. The van der Waals surface area contributed by atoms with Crippen LogP contribution in [-0.4, -0.2) is 40.0 Å². The summed E-state index contributed by atoms with van der Waals surface area (Å²) in [7, 11) is 0. The third-order valence-electron chi connectivity index (χ3n) is 5.44. The highest BCUT2D eigenvalue weighted by atomic mass is 32.1. The maximum Gasteiger partial charge on any atom is 0.328 e. The Hall–Kier alpha value is -3.19. The summed E-state index contributed by atoms with van der Waals surface area (Å²) in [6.45, 7) is 5.09. The lowest BCUT2D eigenvalue weighted by atomic mass is 10.1. The number of hydrogen-bond acceptors (Lipinski definition) is 6. The molecule has 1 aromatic heterocycles. The predicted molar refractivity (Wildman–Crippen MR) is 126 cm³/mol. The minimum absolute atomic E-state index is 0.213. The van der Waals surface area contributed by atoms with Crippen LogP contribution < -0.4 is 4.74 Å². The van der Waals surface area contributed by atoms with Crippen LogP contribution in [-0.2, 0) is 16.1 Å². The summed E-state index contributed by atoms with van der Waals surface area (Å²) in [6, 6.07) is 17.1. The lowest BCUT2D eigenvalue weighted by Crippen LogP contribution is -2.40. The van der Waals surface area contributed by atoms with E-state index in [4.69, 9.17) is 26.1 Å². The number of benzene rings is 2. The van der Waals surface area contributed by atoms with Crippen molar-refractivity contribution in [1.29, 1.82) is 0 Å². The first-order valence-corrected chi connectivity index (χ1v) is 11.2. The van der Waals surface area contributed by atoms with E-state index in [-0.39, 0.29) is 18.6 Å². The van der Waals surface area contributed by atoms with Gasteiger partial charge >= 0.3 is 5.97 Å². The van der Waals surface area contributed by atoms with E-state index in [0.717, 1.165) is 42.0 Å². The fourth-order valence-corrected chi connectivity index (χ4v) is 4.14. The highest BCUT2D eigenvalue weighted by molar-refractivity contribution is 7.80. The van der Waals surface area contributed by atoms with Gasteiger partial charge in [-0.05, 0) is 51.0 Å². The molecule has 32 heavy (non-hydrogen) atoms. The average molecular weight is 451 g/mol. The van der Waals surface area contributed by atoms with E-state index in [0.29, 0.717) is 23.2 Å². The Bertz CT molecular complexity index is 1100. The number of nitrogens with zero attached hydrogens (tertiary/aromatic N) is 2. The number of ether oxygens (including phenoxy) is 2. The number of carbonyl (C=O) groups is 1. The maximum absolute atomic E-state index is 12.3. The van der Waals surface area contributed by atoms with Gasteiger partial charge in [0.05, 0.1) is 6.61 Å². The lowest BCUT2D eigenvalue weighted by Gasteiger charge is -2.25. The van der Waals surface area contributed by atoms with Crippen molar-refractivity contribution in [2.45, 2.75) is 39.3 Å². The maximum atomic E-state index is 12.3. The topological polar surface area (TPSA) is 64.8 Å². The quantitative estimate of drug-likeness (QED) is 0.373. The summed E-state index contributed by atoms with van der Waals surface area (Å²) < 4.78 is 17.0. The van der Waals surface area contributed by atoms with Crippen LogP contribution in [0.1, 0.15) is 36.8 Å². The molecule has 0 saturated carbocycles. The lowest BCUT2D eigenvalue weighted by molar-refractivity contribution is -0.147. The first kappa shape index (κ1) is 22.0. The Morgan fingerprint density at radius 1 is 1.22 bits per heavy atom. The number of oxazole rings is 1. The third-order valence-corrected chi connectivity index (χ3v) is 5.91. The van der Waals surface area contributed by atoms with E-state index in [1.165, 1.54) is 0 Å². The average Bonchev–Trinajstić information content (AvgIpc) is 3.45. The van der Waals surface area contributed by atoms with E-state index in [2.05, 4.69) is 4.98 Å². The Morgan fingerprint density at radius 2 is 2.03 bits per heavy atom. The van der Waals surface area contributed by atoms with Crippen LogP contribution in [0, 0.1) is 6.92 Å². The molecule has 1 fully saturated rings. The predicted octanol–water partition coefficient (Wildman–Crippen LogP) is 4.93. The summed E-state index contributed by atoms with van der Waals surface area (Å²) in [5.41, 5.74) is 2.52. The molecule has 0 unspecified atom stereocenters. The minimum atomic E-state index is -0.318. The Balaban J connectivity index is 1.44. The molecular weight excluding hydrogens is 424 g/mol. The standard InChI is InChI=1S/C25H26N2O4S/c1-3-29-25(28)22-13-8-14-27(22)24(32)19-11-7-12-20(15-19)30-16-21-17(2)31-23(26-21)18-9-5-4-6-10-18/h4-7,9-12,15,22H,3,8,13-14,16H2,1-2H3/t22-/m1/s1. The van der Waals surface area contributed by atoms with Gasteiger partial charge in [-0.1, -0.05) is 42.5 Å². The second-order valence-electron chi connectivity index (χ2n) is 7.61. The van der Waals surface area contributed by atoms with Crippen molar-refractivity contribution in [3.8, 4) is 17.2 Å². The Morgan fingerprint density at radius 3 is 2.81 bits per heavy atom. The zero-order chi connectivity index (χ0) is 22.5. The van der Waals surface area contributed by atoms with Gasteiger partial charge in [0.25, 0.3) is 0 Å². The zero-order valence-corrected chi connectivity index (χ0v) is 19.1. The second kappa shape index (κ2) is 9.96. The van der Waals surface area contributed by atoms with Crippen LogP contribution >= 0.6 is 12.2 Å². The van der Waals surface area contributed by atoms with Crippen LogP contribution in [0.25, 0.3) is 11.5 Å². The molecule has 0 amide bonds. The zero-order valence-electron chi connectivity index (χ0n) is 18.2. The van der Waals surface area contributed by atoms with Gasteiger partial charge in [0.15, 0.2) is 0 Å². The van der Waals surface area contributed by atoms with Gasteiger partial charge < -0.3 is 18.8 Å². The summed E-state index contributed by atoms with van der Waals surface area (Å²) in [5, 5.41) is 0. The minimum Gasteiger partial charge on any atom is -0.487 e. The highest BCUT2D eigenvalue weighted by Crippen LogP contribution is 2.25. The van der Waals surface area contributed by atoms with Crippen LogP contribution in [0.15, 0.2) is 59.0 Å². The van der Waals surface area contributed by atoms with Gasteiger partial charge in [0.1, 0.15) is 34.8 Å². The van der Waals surface area contributed by atoms with Gasteiger partial charge in [0.2, 0.25) is 5.89 Å². The van der Waals surface area contributed by atoms with Gasteiger partial charge in [-0.3, -0.25) is 0 Å². The molecule has 0 bridgehead atoms. The summed E-state index contributed by atoms with van der Waals surface area (Å²) in [5.74, 6) is 1.77. The monoisotopic (exact) mass is 450 g/mol. The summed E-state index contributed by atoms with van der Waals surface area (Å²) in [6.07, 6.45) is 1.67. The SMILES string of the molecule is CCOC(=O)[C@H]1CCCN1C(=S)c1cccc(OCc2nc(-c3ccccc3)oc2C)c1. The van der Waals surface area contributed by atoms with Gasteiger partial charge in [-0.15, -0.1) is 0 Å². The van der Waals surface area contributed by atoms with Crippen molar-refractivity contribution < 1.29 is 18.7 Å². The normalized spacial score (nSPS) is 15.6. The van der Waals surface area contributed by atoms with Gasteiger partial charge in [0, 0.05) is 17.7 Å². The molecule has 0 radical (unpaired) electrons. The van der Waals surface area contributed by atoms with E-state index in [1.54, 1.807) is 0 Å². The molecule has 2 heterocycles. The summed E-state index contributed by atoms with van der Waals surface area (Å²) in [4.78, 5) is 19.5. The van der Waals surface area contributed by atoms with Crippen molar-refractivity contribution >= 4 is 23.2 Å². The van der Waals surface area contributed by atoms with Crippen molar-refractivity contribution in [3.05, 3.63) is 71.6 Å². The molecule has 166 valence electrons. The van der Waals surface area contributed by atoms with E-state index in [1.807, 2.05) is 73.3 Å². The van der Waals surface area contributed by atoms with E-state index < -0.39 is 0 Å². The number of esters is 1. The van der Waals surface area contributed by atoms with Crippen molar-refractivity contribution in [2.75, 3.05) is 13.2 Å². The van der Waals surface area contributed by atoms with Crippen molar-refractivity contribution in [3.63, 3.8) is 0 Å². The molecule has 4 rings (SSSR count). The molecule has 7 heteroatoms. The molecule has 2 aromatic carbocycles. The number of aromatic nitrogens is 1. The van der Waals surface area contributed by atoms with Crippen LogP contribution in [0.3, 0.4) is 0 Å². The molecule has 1 aliphatic rings. The molecular formula is C25H26N2O4S. The number of aryl methyl sites for hydroxylation is 1. The number of rotatable bonds is 7. The number of thiocarbonyl (C=S) groups is 1. The number of likely N-dealkylation sites (tertiary alicyclic amines) is 1. The number of hydrogen-bond donors (Lipinski definition) is 0. The van der Waals surface area contributed by atoms with Crippen molar-refractivity contribution in [2.24, 2.45) is 0 Å². The first-order valence-electron chi connectivity index (χ1n) is 10.8. The molecule has 0 N–H and O–H groups in total. The highest BCUT2D eigenvalue weighted by Gasteiger charge is 2.33. The second-order valence-corrected chi connectivity index (χ2v) is 8.00. The molecule has 3 aromatic rings. The fraction of sp³-hybridized carbons (Fsp3) is 0.320. The van der Waals surface area contributed by atoms with E-state index in [9.17, 15) is 4.79 Å². The van der Waals surface area contributed by atoms with Crippen LogP contribution in [0.5, 0.6) is 5.75 Å². The molecule has 0 aliphatic carbocycles. The first-order chi connectivity index (χ1) is 15.6. The molecule has 6 nitrogen and oxygen atoms in total. The Labute approximate surface area is 193 Å². The molecule has 1 atom stereocenters. The molecule has 1 aliphatic heterocycles. The third kappa shape index (κ3) is 4.83. The molecule has 1 saturated heterocycles. The van der Waals surface area contributed by atoms with E-state index >= 15 is 0 Å².